The van der Waals surface area contributed by atoms with Gasteiger partial charge in [0.25, 0.3) is 0 Å². The van der Waals surface area contributed by atoms with Crippen LogP contribution in [0.1, 0.15) is 12.8 Å². The first-order valence-corrected chi connectivity index (χ1v) is 6.29. The van der Waals surface area contributed by atoms with Crippen molar-refractivity contribution in [3.63, 3.8) is 0 Å². The van der Waals surface area contributed by atoms with Crippen LogP contribution < -0.4 is 10.6 Å². The predicted molar refractivity (Wildman–Crippen MR) is 61.5 cm³/mol. The zero-order chi connectivity index (χ0) is 11.8. The highest BCUT2D eigenvalue weighted by Crippen LogP contribution is 2.19. The molecule has 1 atom stereocenters. The van der Waals surface area contributed by atoms with E-state index in [-0.39, 0.29) is 24.5 Å². The molecule has 0 radical (unpaired) electrons. The van der Waals surface area contributed by atoms with Gasteiger partial charge < -0.3 is 20.4 Å². The Kier molecular flexibility index (Phi) is 2.66. The molecule has 1 saturated carbocycles. The van der Waals surface area contributed by atoms with Crippen LogP contribution in [0.3, 0.4) is 0 Å². The lowest BCUT2D eigenvalue weighted by Gasteiger charge is -2.28. The van der Waals surface area contributed by atoms with Gasteiger partial charge in [-0.1, -0.05) is 0 Å². The van der Waals surface area contributed by atoms with Crippen LogP contribution in [0, 0.1) is 0 Å². The smallest absolute Gasteiger partial charge is 0.320 e. The molecule has 0 spiro atoms. The zero-order valence-electron chi connectivity index (χ0n) is 9.82. The Bertz CT molecular complexity index is 342. The van der Waals surface area contributed by atoms with Gasteiger partial charge in [-0.2, -0.15) is 0 Å². The lowest BCUT2D eigenvalue weighted by atomic mass is 10.2. The summed E-state index contributed by atoms with van der Waals surface area (Å²) in [6.45, 7) is 3.33. The average molecular weight is 238 g/mol. The Labute approximate surface area is 100 Å². The number of amides is 3. The van der Waals surface area contributed by atoms with Crippen LogP contribution in [0.25, 0.3) is 0 Å². The Morgan fingerprint density at radius 2 is 2.29 bits per heavy atom. The fourth-order valence-electron chi connectivity index (χ4n) is 2.50. The molecule has 3 fully saturated rings. The molecule has 3 amide bonds. The van der Waals surface area contributed by atoms with E-state index in [1.165, 1.54) is 0 Å². The molecule has 3 rings (SSSR count). The van der Waals surface area contributed by atoms with Crippen LogP contribution in [0.2, 0.25) is 0 Å². The standard InChI is InChI=1S/C11H18N4O2/c16-10(13-8-1-2-8)7-14-6-9-5-12-3-4-15(9)11(14)17/h8-9,12H,1-7H2,(H,13,16). The lowest BCUT2D eigenvalue weighted by Crippen LogP contribution is -2.50. The van der Waals surface area contributed by atoms with Gasteiger partial charge >= 0.3 is 6.03 Å². The molecule has 2 heterocycles. The molecular weight excluding hydrogens is 220 g/mol. The molecule has 0 aromatic carbocycles. The molecule has 0 aromatic heterocycles. The number of rotatable bonds is 3. The topological polar surface area (TPSA) is 64.7 Å². The van der Waals surface area contributed by atoms with Crippen molar-refractivity contribution in [2.75, 3.05) is 32.7 Å². The molecule has 1 unspecified atom stereocenters. The fraction of sp³-hybridized carbons (Fsp3) is 0.818. The Hall–Kier alpha value is -1.30. The molecule has 3 aliphatic rings. The normalized spacial score (nSPS) is 28.2. The van der Waals surface area contributed by atoms with Crippen LogP contribution in [-0.4, -0.2) is 66.5 Å². The van der Waals surface area contributed by atoms with Crippen LogP contribution in [0.15, 0.2) is 0 Å². The highest BCUT2D eigenvalue weighted by Gasteiger charge is 2.39. The first kappa shape index (κ1) is 10.8. The molecule has 2 saturated heterocycles. The molecule has 0 bridgehead atoms. The maximum atomic E-state index is 12.0. The van der Waals surface area contributed by atoms with Crippen molar-refractivity contribution < 1.29 is 9.59 Å². The van der Waals surface area contributed by atoms with Crippen molar-refractivity contribution >= 4 is 11.9 Å². The summed E-state index contributed by atoms with van der Waals surface area (Å²) in [5, 5.41) is 6.19. The van der Waals surface area contributed by atoms with E-state index >= 15 is 0 Å². The molecule has 1 aliphatic carbocycles. The summed E-state index contributed by atoms with van der Waals surface area (Å²) in [4.78, 5) is 27.2. The Morgan fingerprint density at radius 1 is 1.47 bits per heavy atom. The van der Waals surface area contributed by atoms with Crippen LogP contribution in [0.4, 0.5) is 4.79 Å². The first-order valence-electron chi connectivity index (χ1n) is 6.29. The molecule has 6 heteroatoms. The number of urea groups is 1. The minimum atomic E-state index is -0.0198. The third-order valence-corrected chi connectivity index (χ3v) is 3.57. The molecule has 0 aromatic rings. The van der Waals surface area contributed by atoms with Gasteiger partial charge in [-0.15, -0.1) is 0 Å². The van der Waals surface area contributed by atoms with Gasteiger partial charge in [0, 0.05) is 32.2 Å². The molecule has 6 nitrogen and oxygen atoms in total. The summed E-state index contributed by atoms with van der Waals surface area (Å²) in [7, 11) is 0. The van der Waals surface area contributed by atoms with Gasteiger partial charge in [0.15, 0.2) is 0 Å². The summed E-state index contributed by atoms with van der Waals surface area (Å²) >= 11 is 0. The van der Waals surface area contributed by atoms with E-state index in [1.807, 2.05) is 4.90 Å². The lowest BCUT2D eigenvalue weighted by molar-refractivity contribution is -0.121. The largest absolute Gasteiger partial charge is 0.352 e. The highest BCUT2D eigenvalue weighted by atomic mass is 16.2. The van der Waals surface area contributed by atoms with E-state index in [2.05, 4.69) is 10.6 Å². The van der Waals surface area contributed by atoms with Gasteiger partial charge in [0.2, 0.25) is 5.91 Å². The number of fused-ring (bicyclic) bond motifs is 1. The number of carbonyl (C=O) groups is 2. The third-order valence-electron chi connectivity index (χ3n) is 3.57. The van der Waals surface area contributed by atoms with Crippen molar-refractivity contribution in [1.29, 1.82) is 0 Å². The van der Waals surface area contributed by atoms with Crippen LogP contribution in [-0.2, 0) is 4.79 Å². The summed E-state index contributed by atoms with van der Waals surface area (Å²) in [5.41, 5.74) is 0. The second kappa shape index (κ2) is 4.18. The Balaban J connectivity index is 1.56. The first-order chi connectivity index (χ1) is 8.24. The minimum Gasteiger partial charge on any atom is -0.352 e. The number of piperazine rings is 1. The minimum absolute atomic E-state index is 0.0162. The maximum Gasteiger partial charge on any atom is 0.320 e. The molecule has 2 N–H and O–H groups in total. The number of nitrogens with zero attached hydrogens (tertiary/aromatic N) is 2. The molecular formula is C11H18N4O2. The van der Waals surface area contributed by atoms with Crippen molar-refractivity contribution in [1.82, 2.24) is 20.4 Å². The van der Waals surface area contributed by atoms with Crippen molar-refractivity contribution in [2.45, 2.75) is 24.9 Å². The Morgan fingerprint density at radius 3 is 3.00 bits per heavy atom. The van der Waals surface area contributed by atoms with E-state index in [0.717, 1.165) is 32.5 Å². The van der Waals surface area contributed by atoms with E-state index < -0.39 is 0 Å². The summed E-state index contributed by atoms with van der Waals surface area (Å²) < 4.78 is 0. The average Bonchev–Trinajstić information content (AvgIpc) is 3.06. The number of carbonyl (C=O) groups excluding carboxylic acids is 2. The monoisotopic (exact) mass is 238 g/mol. The summed E-state index contributed by atoms with van der Waals surface area (Å²) in [5.74, 6) is -0.0198. The van der Waals surface area contributed by atoms with Gasteiger partial charge in [-0.25, -0.2) is 4.79 Å². The summed E-state index contributed by atoms with van der Waals surface area (Å²) in [6.07, 6.45) is 2.16. The fourth-order valence-corrected chi connectivity index (χ4v) is 2.50. The molecule has 2 aliphatic heterocycles. The van der Waals surface area contributed by atoms with Crippen LogP contribution >= 0.6 is 0 Å². The SMILES string of the molecule is O=C(CN1CC2CNCCN2C1=O)NC1CC1. The number of hydrogen-bond donors (Lipinski definition) is 2. The summed E-state index contributed by atoms with van der Waals surface area (Å²) in [6, 6.07) is 0.622. The van der Waals surface area contributed by atoms with E-state index in [4.69, 9.17) is 0 Å². The van der Waals surface area contributed by atoms with Gasteiger partial charge in [0.05, 0.1) is 6.04 Å². The van der Waals surface area contributed by atoms with E-state index in [9.17, 15) is 9.59 Å². The zero-order valence-corrected chi connectivity index (χ0v) is 9.82. The predicted octanol–water partition coefficient (Wildman–Crippen LogP) is -1.03. The third kappa shape index (κ3) is 2.22. The van der Waals surface area contributed by atoms with Crippen molar-refractivity contribution in [2.24, 2.45) is 0 Å². The van der Waals surface area contributed by atoms with Gasteiger partial charge in [-0.05, 0) is 12.8 Å². The van der Waals surface area contributed by atoms with Gasteiger partial charge in [-0.3, -0.25) is 4.79 Å². The van der Waals surface area contributed by atoms with Crippen LogP contribution in [0.5, 0.6) is 0 Å². The molecule has 94 valence electrons. The number of hydrogen-bond acceptors (Lipinski definition) is 3. The van der Waals surface area contributed by atoms with Crippen molar-refractivity contribution in [3.05, 3.63) is 0 Å². The second-order valence-corrected chi connectivity index (χ2v) is 5.06. The van der Waals surface area contributed by atoms with Gasteiger partial charge in [0.1, 0.15) is 6.54 Å². The van der Waals surface area contributed by atoms with Crippen molar-refractivity contribution in [3.8, 4) is 0 Å². The highest BCUT2D eigenvalue weighted by molar-refractivity contribution is 5.85. The quantitative estimate of drug-likeness (QED) is 0.661. The number of nitrogens with one attached hydrogen (secondary N) is 2. The molecule has 17 heavy (non-hydrogen) atoms. The second-order valence-electron chi connectivity index (χ2n) is 5.06. The van der Waals surface area contributed by atoms with E-state index in [1.54, 1.807) is 4.90 Å². The van der Waals surface area contributed by atoms with E-state index in [0.29, 0.717) is 12.6 Å². The maximum absolute atomic E-state index is 12.0.